The molecule has 1 aliphatic carbocycles. The fourth-order valence-corrected chi connectivity index (χ4v) is 2.71. The number of ether oxygens (including phenoxy) is 1. The van der Waals surface area contributed by atoms with Crippen molar-refractivity contribution in [1.82, 2.24) is 0 Å². The predicted octanol–water partition coefficient (Wildman–Crippen LogP) is 1.60. The number of nitrogens with two attached hydrogens (primary N) is 1. The van der Waals surface area contributed by atoms with Crippen LogP contribution in [0.1, 0.15) is 27.6 Å². The van der Waals surface area contributed by atoms with Crippen molar-refractivity contribution in [2.24, 2.45) is 11.7 Å². The molecule has 0 aromatic carbocycles. The third-order valence-electron chi connectivity index (χ3n) is 2.63. The molecule has 4 heteroatoms. The molecule has 0 saturated heterocycles. The Morgan fingerprint density at radius 1 is 1.79 bits per heavy atom. The Bertz CT molecular complexity index is 348. The monoisotopic (exact) mass is 211 g/mol. The van der Waals surface area contributed by atoms with Gasteiger partial charge in [0, 0.05) is 10.3 Å². The summed E-state index contributed by atoms with van der Waals surface area (Å²) in [5, 5.41) is 1.85. The van der Waals surface area contributed by atoms with Crippen molar-refractivity contribution < 1.29 is 9.53 Å². The lowest BCUT2D eigenvalue weighted by Crippen LogP contribution is -2.01. The van der Waals surface area contributed by atoms with Crippen LogP contribution in [0.3, 0.4) is 0 Å². The minimum Gasteiger partial charge on any atom is -0.465 e. The molecule has 2 rings (SSSR count). The normalized spacial score (nSPS) is 24.7. The molecule has 14 heavy (non-hydrogen) atoms. The van der Waals surface area contributed by atoms with E-state index in [1.807, 2.05) is 11.4 Å². The fraction of sp³-hybridized carbons (Fsp3) is 0.500. The van der Waals surface area contributed by atoms with Crippen LogP contribution in [0.15, 0.2) is 11.4 Å². The Morgan fingerprint density at radius 2 is 2.57 bits per heavy atom. The summed E-state index contributed by atoms with van der Waals surface area (Å²) >= 11 is 1.63. The van der Waals surface area contributed by atoms with Gasteiger partial charge >= 0.3 is 5.97 Å². The molecule has 0 spiro atoms. The van der Waals surface area contributed by atoms with Crippen molar-refractivity contribution in [3.8, 4) is 0 Å². The van der Waals surface area contributed by atoms with Gasteiger partial charge in [0.05, 0.1) is 12.7 Å². The molecule has 2 atom stereocenters. The van der Waals surface area contributed by atoms with Gasteiger partial charge in [-0.05, 0) is 30.9 Å². The molecule has 0 radical (unpaired) electrons. The van der Waals surface area contributed by atoms with Crippen LogP contribution in [0.5, 0.6) is 0 Å². The summed E-state index contributed by atoms with van der Waals surface area (Å²) < 4.78 is 4.65. The minimum absolute atomic E-state index is 0.252. The van der Waals surface area contributed by atoms with Crippen molar-refractivity contribution in [3.63, 3.8) is 0 Å². The number of carbonyl (C=O) groups is 1. The topological polar surface area (TPSA) is 52.3 Å². The van der Waals surface area contributed by atoms with Crippen LogP contribution < -0.4 is 5.73 Å². The van der Waals surface area contributed by atoms with Crippen LogP contribution in [0, 0.1) is 5.92 Å². The fourth-order valence-electron chi connectivity index (χ4n) is 1.63. The molecular weight excluding hydrogens is 198 g/mol. The first-order chi connectivity index (χ1) is 6.76. The molecule has 1 aliphatic rings. The lowest BCUT2D eigenvalue weighted by molar-refractivity contribution is 0.0601. The van der Waals surface area contributed by atoms with Crippen LogP contribution in [0.2, 0.25) is 0 Å². The maximum absolute atomic E-state index is 11.2. The Morgan fingerprint density at radius 3 is 3.14 bits per heavy atom. The number of hydrogen-bond donors (Lipinski definition) is 1. The zero-order valence-electron chi connectivity index (χ0n) is 8.03. The molecule has 0 amide bonds. The SMILES string of the molecule is COC(=O)c1csc([C@@H]2C[C@H]2CN)c1. The van der Waals surface area contributed by atoms with Crippen LogP contribution >= 0.6 is 11.3 Å². The van der Waals surface area contributed by atoms with Crippen molar-refractivity contribution in [3.05, 3.63) is 21.9 Å². The van der Waals surface area contributed by atoms with E-state index in [2.05, 4.69) is 4.74 Å². The molecule has 76 valence electrons. The average molecular weight is 211 g/mol. The Labute approximate surface area is 86.9 Å². The van der Waals surface area contributed by atoms with E-state index < -0.39 is 0 Å². The van der Waals surface area contributed by atoms with E-state index in [1.165, 1.54) is 12.0 Å². The van der Waals surface area contributed by atoms with Gasteiger partial charge in [0.2, 0.25) is 0 Å². The van der Waals surface area contributed by atoms with Gasteiger partial charge in [-0.15, -0.1) is 11.3 Å². The van der Waals surface area contributed by atoms with E-state index in [-0.39, 0.29) is 5.97 Å². The quantitative estimate of drug-likeness (QED) is 0.772. The van der Waals surface area contributed by atoms with Crippen molar-refractivity contribution in [1.29, 1.82) is 0 Å². The van der Waals surface area contributed by atoms with Gasteiger partial charge in [0.15, 0.2) is 0 Å². The van der Waals surface area contributed by atoms with Crippen LogP contribution in [-0.4, -0.2) is 19.6 Å². The van der Waals surface area contributed by atoms with Crippen molar-refractivity contribution in [2.45, 2.75) is 12.3 Å². The van der Waals surface area contributed by atoms with Gasteiger partial charge in [-0.25, -0.2) is 4.79 Å². The second-order valence-corrected chi connectivity index (χ2v) is 4.51. The van der Waals surface area contributed by atoms with E-state index in [0.717, 1.165) is 13.0 Å². The van der Waals surface area contributed by atoms with Gasteiger partial charge in [-0.2, -0.15) is 0 Å². The number of thiophene rings is 1. The molecule has 0 unspecified atom stereocenters. The number of methoxy groups -OCH3 is 1. The molecule has 3 nitrogen and oxygen atoms in total. The second kappa shape index (κ2) is 3.71. The summed E-state index contributed by atoms with van der Waals surface area (Å²) in [5.74, 6) is 0.958. The van der Waals surface area contributed by atoms with Crippen LogP contribution in [-0.2, 0) is 4.74 Å². The molecule has 1 aromatic heterocycles. The molecular formula is C10H13NO2S. The van der Waals surface area contributed by atoms with Gasteiger partial charge in [-0.1, -0.05) is 0 Å². The average Bonchev–Trinajstić information content (AvgIpc) is 2.85. The van der Waals surface area contributed by atoms with Crippen LogP contribution in [0.25, 0.3) is 0 Å². The summed E-state index contributed by atoms with van der Waals surface area (Å²) in [7, 11) is 1.40. The first-order valence-corrected chi connectivity index (χ1v) is 5.51. The third kappa shape index (κ3) is 1.67. The van der Waals surface area contributed by atoms with E-state index in [9.17, 15) is 4.79 Å². The van der Waals surface area contributed by atoms with Gasteiger partial charge in [0.1, 0.15) is 0 Å². The molecule has 1 heterocycles. The highest BCUT2D eigenvalue weighted by molar-refractivity contribution is 7.10. The lowest BCUT2D eigenvalue weighted by atomic mass is 10.2. The van der Waals surface area contributed by atoms with Gasteiger partial charge in [-0.3, -0.25) is 0 Å². The molecule has 2 N–H and O–H groups in total. The Hall–Kier alpha value is -0.870. The maximum atomic E-state index is 11.2. The lowest BCUT2D eigenvalue weighted by Gasteiger charge is -1.93. The largest absolute Gasteiger partial charge is 0.465 e. The smallest absolute Gasteiger partial charge is 0.338 e. The highest BCUT2D eigenvalue weighted by Crippen LogP contribution is 2.48. The van der Waals surface area contributed by atoms with E-state index in [4.69, 9.17) is 5.73 Å². The summed E-state index contributed by atoms with van der Waals surface area (Å²) in [6.07, 6.45) is 1.16. The summed E-state index contributed by atoms with van der Waals surface area (Å²) in [6, 6.07) is 1.93. The summed E-state index contributed by atoms with van der Waals surface area (Å²) in [5.41, 5.74) is 6.23. The van der Waals surface area contributed by atoms with Crippen LogP contribution in [0.4, 0.5) is 0 Å². The first kappa shape index (κ1) is 9.68. The number of hydrogen-bond acceptors (Lipinski definition) is 4. The Balaban J connectivity index is 2.07. The third-order valence-corrected chi connectivity index (χ3v) is 3.70. The highest BCUT2D eigenvalue weighted by Gasteiger charge is 2.38. The zero-order chi connectivity index (χ0) is 10.1. The first-order valence-electron chi connectivity index (χ1n) is 4.63. The Kier molecular flexibility index (Phi) is 2.56. The molecule has 1 saturated carbocycles. The highest BCUT2D eigenvalue weighted by atomic mass is 32.1. The van der Waals surface area contributed by atoms with Gasteiger partial charge in [0.25, 0.3) is 0 Å². The van der Waals surface area contributed by atoms with E-state index >= 15 is 0 Å². The number of carbonyl (C=O) groups excluding carboxylic acids is 1. The zero-order valence-corrected chi connectivity index (χ0v) is 8.84. The second-order valence-electron chi connectivity index (χ2n) is 3.57. The summed E-state index contributed by atoms with van der Waals surface area (Å²) in [6.45, 7) is 0.746. The summed E-state index contributed by atoms with van der Waals surface area (Å²) in [4.78, 5) is 12.4. The molecule has 0 bridgehead atoms. The molecule has 1 aromatic rings. The van der Waals surface area contributed by atoms with E-state index in [1.54, 1.807) is 11.3 Å². The van der Waals surface area contributed by atoms with E-state index in [0.29, 0.717) is 17.4 Å². The van der Waals surface area contributed by atoms with Crippen molar-refractivity contribution >= 4 is 17.3 Å². The number of esters is 1. The maximum Gasteiger partial charge on any atom is 0.338 e. The van der Waals surface area contributed by atoms with Gasteiger partial charge < -0.3 is 10.5 Å². The predicted molar refractivity (Wildman–Crippen MR) is 55.6 cm³/mol. The molecule has 0 aliphatic heterocycles. The number of rotatable bonds is 3. The standard InChI is InChI=1S/C10H13NO2S/c1-13-10(12)7-3-9(14-5-7)8-2-6(8)4-11/h3,5-6,8H,2,4,11H2,1H3/t6-,8+/m0/s1. The minimum atomic E-state index is -0.252. The van der Waals surface area contributed by atoms with Crippen molar-refractivity contribution in [2.75, 3.05) is 13.7 Å². The molecule has 1 fully saturated rings.